The standard InChI is InChI=1S/C18H18N2O2S2/c1-4-11-5-8-14-16(9-11)24-18(19-14)20-17(21)13-7-6-12(23-3)10-15(13)22-2/h5-10H,4H2,1-3H3,(H,19,20,21). The number of fused-ring (bicyclic) bond motifs is 1. The van der Waals surface area contributed by atoms with Gasteiger partial charge in [-0.05, 0) is 48.6 Å². The van der Waals surface area contributed by atoms with Crippen molar-refractivity contribution in [3.63, 3.8) is 0 Å². The van der Waals surface area contributed by atoms with E-state index in [-0.39, 0.29) is 5.91 Å². The number of aryl methyl sites for hydroxylation is 1. The fourth-order valence-electron chi connectivity index (χ4n) is 2.39. The summed E-state index contributed by atoms with van der Waals surface area (Å²) in [5.74, 6) is 0.350. The zero-order chi connectivity index (χ0) is 17.1. The van der Waals surface area contributed by atoms with Crippen molar-refractivity contribution in [2.24, 2.45) is 0 Å². The van der Waals surface area contributed by atoms with Gasteiger partial charge in [0.25, 0.3) is 5.91 Å². The largest absolute Gasteiger partial charge is 0.496 e. The SMILES string of the molecule is CCc1ccc2nc(NC(=O)c3ccc(SC)cc3OC)sc2c1. The molecule has 3 aromatic rings. The number of anilines is 1. The highest BCUT2D eigenvalue weighted by molar-refractivity contribution is 7.98. The van der Waals surface area contributed by atoms with E-state index in [9.17, 15) is 4.79 Å². The normalized spacial score (nSPS) is 10.8. The number of nitrogens with one attached hydrogen (secondary N) is 1. The van der Waals surface area contributed by atoms with Gasteiger partial charge in [0, 0.05) is 4.90 Å². The quantitative estimate of drug-likeness (QED) is 0.663. The third kappa shape index (κ3) is 3.39. The molecular formula is C18H18N2O2S2. The lowest BCUT2D eigenvalue weighted by Crippen LogP contribution is -2.13. The van der Waals surface area contributed by atoms with Crippen molar-refractivity contribution < 1.29 is 9.53 Å². The first kappa shape index (κ1) is 16.8. The van der Waals surface area contributed by atoms with Gasteiger partial charge in [-0.15, -0.1) is 11.8 Å². The van der Waals surface area contributed by atoms with E-state index in [2.05, 4.69) is 29.4 Å². The van der Waals surface area contributed by atoms with E-state index in [0.717, 1.165) is 21.5 Å². The number of methoxy groups -OCH3 is 1. The summed E-state index contributed by atoms with van der Waals surface area (Å²) in [5.41, 5.74) is 2.67. The predicted molar refractivity (Wildman–Crippen MR) is 102 cm³/mol. The second kappa shape index (κ2) is 7.23. The number of nitrogens with zero attached hydrogens (tertiary/aromatic N) is 1. The molecule has 1 amide bonds. The van der Waals surface area contributed by atoms with Crippen molar-refractivity contribution in [1.82, 2.24) is 4.98 Å². The van der Waals surface area contributed by atoms with Crippen LogP contribution in [0.5, 0.6) is 5.75 Å². The molecule has 1 aromatic heterocycles. The Kier molecular flexibility index (Phi) is 5.06. The van der Waals surface area contributed by atoms with Crippen molar-refractivity contribution in [2.45, 2.75) is 18.2 Å². The van der Waals surface area contributed by atoms with Crippen LogP contribution in [0.4, 0.5) is 5.13 Å². The highest BCUT2D eigenvalue weighted by Gasteiger charge is 2.15. The molecule has 0 fully saturated rings. The maximum atomic E-state index is 12.6. The van der Waals surface area contributed by atoms with E-state index in [1.807, 2.05) is 24.5 Å². The van der Waals surface area contributed by atoms with Crippen LogP contribution in [0.3, 0.4) is 0 Å². The number of rotatable bonds is 5. The van der Waals surface area contributed by atoms with Crippen LogP contribution < -0.4 is 10.1 Å². The summed E-state index contributed by atoms with van der Waals surface area (Å²) in [6, 6.07) is 11.7. The van der Waals surface area contributed by atoms with Gasteiger partial charge in [-0.1, -0.05) is 24.3 Å². The molecule has 3 rings (SSSR count). The zero-order valence-corrected chi connectivity index (χ0v) is 15.4. The topological polar surface area (TPSA) is 51.2 Å². The Morgan fingerprint density at radius 3 is 2.83 bits per heavy atom. The first-order chi connectivity index (χ1) is 11.6. The molecule has 0 atom stereocenters. The maximum Gasteiger partial charge on any atom is 0.261 e. The van der Waals surface area contributed by atoms with Crippen LogP contribution in [0.1, 0.15) is 22.8 Å². The number of thioether (sulfide) groups is 1. The second-order valence-electron chi connectivity index (χ2n) is 5.19. The summed E-state index contributed by atoms with van der Waals surface area (Å²) in [6.07, 6.45) is 2.97. The van der Waals surface area contributed by atoms with Gasteiger partial charge in [0.2, 0.25) is 0 Å². The first-order valence-electron chi connectivity index (χ1n) is 7.57. The van der Waals surface area contributed by atoms with Crippen LogP contribution >= 0.6 is 23.1 Å². The van der Waals surface area contributed by atoms with Crippen molar-refractivity contribution in [1.29, 1.82) is 0 Å². The first-order valence-corrected chi connectivity index (χ1v) is 9.61. The van der Waals surface area contributed by atoms with Crippen LogP contribution in [-0.2, 0) is 6.42 Å². The fraction of sp³-hybridized carbons (Fsp3) is 0.222. The van der Waals surface area contributed by atoms with Crippen molar-refractivity contribution in [2.75, 3.05) is 18.7 Å². The Morgan fingerprint density at radius 1 is 1.29 bits per heavy atom. The van der Waals surface area contributed by atoms with Gasteiger partial charge in [0.05, 0.1) is 22.9 Å². The molecule has 0 aliphatic heterocycles. The summed E-state index contributed by atoms with van der Waals surface area (Å²) < 4.78 is 6.42. The molecule has 1 heterocycles. The minimum Gasteiger partial charge on any atom is -0.496 e. The summed E-state index contributed by atoms with van der Waals surface area (Å²) >= 11 is 3.09. The summed E-state index contributed by atoms with van der Waals surface area (Å²) in [6.45, 7) is 2.12. The molecular weight excluding hydrogens is 340 g/mol. The number of thiazole rings is 1. The van der Waals surface area contributed by atoms with E-state index in [1.54, 1.807) is 24.9 Å². The monoisotopic (exact) mass is 358 g/mol. The Bertz CT molecular complexity index is 890. The third-order valence-electron chi connectivity index (χ3n) is 3.73. The van der Waals surface area contributed by atoms with Crippen molar-refractivity contribution >= 4 is 44.4 Å². The van der Waals surface area contributed by atoms with Gasteiger partial charge in [-0.25, -0.2) is 4.98 Å². The number of carbonyl (C=O) groups excluding carboxylic acids is 1. The Balaban J connectivity index is 1.87. The Hall–Kier alpha value is -2.05. The number of benzene rings is 2. The molecule has 0 aliphatic carbocycles. The number of ether oxygens (including phenoxy) is 1. The molecule has 0 saturated carbocycles. The molecule has 1 N–H and O–H groups in total. The van der Waals surface area contributed by atoms with Crippen LogP contribution in [0.15, 0.2) is 41.3 Å². The van der Waals surface area contributed by atoms with Crippen LogP contribution in [0, 0.1) is 0 Å². The zero-order valence-electron chi connectivity index (χ0n) is 13.8. The summed E-state index contributed by atoms with van der Waals surface area (Å²) in [7, 11) is 1.57. The lowest BCUT2D eigenvalue weighted by atomic mass is 10.2. The van der Waals surface area contributed by atoms with Crippen molar-refractivity contribution in [3.8, 4) is 5.75 Å². The van der Waals surface area contributed by atoms with E-state index in [1.165, 1.54) is 16.9 Å². The molecule has 4 nitrogen and oxygen atoms in total. The lowest BCUT2D eigenvalue weighted by Gasteiger charge is -2.09. The number of hydrogen-bond acceptors (Lipinski definition) is 5. The number of carbonyl (C=O) groups is 1. The third-order valence-corrected chi connectivity index (χ3v) is 5.39. The lowest BCUT2D eigenvalue weighted by molar-refractivity contribution is 0.102. The predicted octanol–water partition coefficient (Wildman–Crippen LogP) is 4.84. The van der Waals surface area contributed by atoms with Gasteiger partial charge in [-0.2, -0.15) is 0 Å². The smallest absolute Gasteiger partial charge is 0.261 e. The average Bonchev–Trinajstić information content (AvgIpc) is 3.01. The highest BCUT2D eigenvalue weighted by Crippen LogP contribution is 2.29. The van der Waals surface area contributed by atoms with E-state index in [4.69, 9.17) is 4.74 Å². The minimum atomic E-state index is -0.214. The fourth-order valence-corrected chi connectivity index (χ4v) is 3.75. The molecule has 0 radical (unpaired) electrons. The number of aromatic nitrogens is 1. The molecule has 0 spiro atoms. The van der Waals surface area contributed by atoms with Gasteiger partial charge >= 0.3 is 0 Å². The Morgan fingerprint density at radius 2 is 2.12 bits per heavy atom. The molecule has 0 saturated heterocycles. The van der Waals surface area contributed by atoms with Crippen LogP contribution in [-0.4, -0.2) is 24.3 Å². The van der Waals surface area contributed by atoms with E-state index < -0.39 is 0 Å². The van der Waals surface area contributed by atoms with Crippen molar-refractivity contribution in [3.05, 3.63) is 47.5 Å². The molecule has 0 unspecified atom stereocenters. The van der Waals surface area contributed by atoms with E-state index >= 15 is 0 Å². The van der Waals surface area contributed by atoms with Crippen LogP contribution in [0.2, 0.25) is 0 Å². The molecule has 24 heavy (non-hydrogen) atoms. The summed E-state index contributed by atoms with van der Waals surface area (Å²) in [4.78, 5) is 18.1. The highest BCUT2D eigenvalue weighted by atomic mass is 32.2. The second-order valence-corrected chi connectivity index (χ2v) is 7.11. The minimum absolute atomic E-state index is 0.214. The molecule has 2 aromatic carbocycles. The Labute approximate surface area is 149 Å². The van der Waals surface area contributed by atoms with Gasteiger partial charge in [0.1, 0.15) is 5.75 Å². The summed E-state index contributed by atoms with van der Waals surface area (Å²) in [5, 5.41) is 3.48. The number of hydrogen-bond donors (Lipinski definition) is 1. The van der Waals surface area contributed by atoms with Gasteiger partial charge in [-0.3, -0.25) is 10.1 Å². The molecule has 0 aliphatic rings. The van der Waals surface area contributed by atoms with E-state index in [0.29, 0.717) is 16.4 Å². The van der Waals surface area contributed by atoms with Gasteiger partial charge < -0.3 is 4.74 Å². The molecule has 0 bridgehead atoms. The van der Waals surface area contributed by atoms with Crippen LogP contribution in [0.25, 0.3) is 10.2 Å². The number of amides is 1. The maximum absolute atomic E-state index is 12.6. The molecule has 124 valence electrons. The van der Waals surface area contributed by atoms with Gasteiger partial charge in [0.15, 0.2) is 5.13 Å². The molecule has 6 heteroatoms. The average molecular weight is 358 g/mol.